The van der Waals surface area contributed by atoms with Crippen LogP contribution in [0.25, 0.3) is 0 Å². The van der Waals surface area contributed by atoms with Crippen LogP contribution in [0.15, 0.2) is 24.3 Å². The summed E-state index contributed by atoms with van der Waals surface area (Å²) in [6, 6.07) is 6.98. The molecule has 20 heavy (non-hydrogen) atoms. The Hall–Kier alpha value is -2.04. The topological polar surface area (TPSA) is 66.6 Å². The first-order valence-corrected chi connectivity index (χ1v) is 6.84. The van der Waals surface area contributed by atoms with E-state index in [1.807, 2.05) is 12.1 Å². The van der Waals surface area contributed by atoms with Crippen molar-refractivity contribution < 1.29 is 9.59 Å². The SMILES string of the molecule is CN(C)C(=O)C1CCCN1C(=O)Cc1ccc(N)cc1. The second kappa shape index (κ2) is 5.94. The summed E-state index contributed by atoms with van der Waals surface area (Å²) in [4.78, 5) is 27.7. The van der Waals surface area contributed by atoms with E-state index < -0.39 is 0 Å². The molecule has 1 saturated heterocycles. The number of carbonyl (C=O) groups excluding carboxylic acids is 2. The fourth-order valence-corrected chi connectivity index (χ4v) is 2.53. The number of benzene rings is 1. The number of anilines is 1. The van der Waals surface area contributed by atoms with Gasteiger partial charge >= 0.3 is 0 Å². The lowest BCUT2D eigenvalue weighted by Crippen LogP contribution is -2.45. The lowest BCUT2D eigenvalue weighted by molar-refractivity contribution is -0.141. The molecule has 0 aromatic heterocycles. The van der Waals surface area contributed by atoms with Crippen molar-refractivity contribution in [3.63, 3.8) is 0 Å². The van der Waals surface area contributed by atoms with E-state index in [0.29, 0.717) is 18.7 Å². The highest BCUT2D eigenvalue weighted by molar-refractivity contribution is 5.88. The van der Waals surface area contributed by atoms with Gasteiger partial charge in [0.05, 0.1) is 6.42 Å². The van der Waals surface area contributed by atoms with Crippen molar-refractivity contribution in [3.8, 4) is 0 Å². The number of rotatable bonds is 3. The fourth-order valence-electron chi connectivity index (χ4n) is 2.53. The molecule has 1 fully saturated rings. The van der Waals surface area contributed by atoms with E-state index >= 15 is 0 Å². The molecule has 2 N–H and O–H groups in total. The molecular weight excluding hydrogens is 254 g/mol. The molecule has 1 aliphatic rings. The van der Waals surface area contributed by atoms with Gasteiger partial charge in [-0.15, -0.1) is 0 Å². The van der Waals surface area contributed by atoms with E-state index in [9.17, 15) is 9.59 Å². The van der Waals surface area contributed by atoms with Gasteiger partial charge in [0, 0.05) is 26.3 Å². The number of nitrogen functional groups attached to an aromatic ring is 1. The number of hydrogen-bond acceptors (Lipinski definition) is 3. The maximum absolute atomic E-state index is 12.4. The Kier molecular flexibility index (Phi) is 4.27. The van der Waals surface area contributed by atoms with Crippen LogP contribution >= 0.6 is 0 Å². The molecule has 0 bridgehead atoms. The number of carbonyl (C=O) groups is 2. The van der Waals surface area contributed by atoms with Gasteiger partial charge < -0.3 is 15.5 Å². The molecule has 1 heterocycles. The van der Waals surface area contributed by atoms with Crippen molar-refractivity contribution in [2.24, 2.45) is 0 Å². The minimum absolute atomic E-state index is 0.00692. The molecule has 1 atom stereocenters. The number of hydrogen-bond donors (Lipinski definition) is 1. The molecule has 1 unspecified atom stereocenters. The number of likely N-dealkylation sites (N-methyl/N-ethyl adjacent to an activating group) is 1. The Bertz CT molecular complexity index is 496. The Morgan fingerprint density at radius 2 is 1.95 bits per heavy atom. The number of nitrogens with zero attached hydrogens (tertiary/aromatic N) is 2. The first-order chi connectivity index (χ1) is 9.49. The van der Waals surface area contributed by atoms with Crippen molar-refractivity contribution in [1.82, 2.24) is 9.80 Å². The minimum atomic E-state index is -0.300. The number of likely N-dealkylation sites (tertiary alicyclic amines) is 1. The Morgan fingerprint density at radius 1 is 1.30 bits per heavy atom. The molecule has 1 aromatic carbocycles. The molecule has 0 saturated carbocycles. The summed E-state index contributed by atoms with van der Waals surface area (Å²) in [6.07, 6.45) is 1.96. The van der Waals surface area contributed by atoms with Crippen molar-refractivity contribution in [2.45, 2.75) is 25.3 Å². The lowest BCUT2D eigenvalue weighted by Gasteiger charge is -2.26. The second-order valence-electron chi connectivity index (χ2n) is 5.40. The molecule has 5 heteroatoms. The van der Waals surface area contributed by atoms with E-state index in [1.165, 1.54) is 0 Å². The predicted molar refractivity (Wildman–Crippen MR) is 78.0 cm³/mol. The van der Waals surface area contributed by atoms with Gasteiger partial charge in [-0.1, -0.05) is 12.1 Å². The van der Waals surface area contributed by atoms with E-state index in [4.69, 9.17) is 5.73 Å². The zero-order valence-corrected chi connectivity index (χ0v) is 12.0. The normalized spacial score (nSPS) is 18.1. The molecule has 0 spiro atoms. The second-order valence-corrected chi connectivity index (χ2v) is 5.40. The maximum atomic E-state index is 12.4. The van der Waals surface area contributed by atoms with Gasteiger partial charge in [0.15, 0.2) is 0 Å². The van der Waals surface area contributed by atoms with Gasteiger partial charge in [0.2, 0.25) is 11.8 Å². The highest BCUT2D eigenvalue weighted by atomic mass is 16.2. The van der Waals surface area contributed by atoms with Gasteiger partial charge in [-0.05, 0) is 30.5 Å². The quantitative estimate of drug-likeness (QED) is 0.833. The van der Waals surface area contributed by atoms with Gasteiger partial charge in [0.1, 0.15) is 6.04 Å². The average Bonchev–Trinajstić information content (AvgIpc) is 2.89. The number of amides is 2. The van der Waals surface area contributed by atoms with Crippen LogP contribution in [0.1, 0.15) is 18.4 Å². The van der Waals surface area contributed by atoms with Crippen LogP contribution in [0.4, 0.5) is 5.69 Å². The van der Waals surface area contributed by atoms with Gasteiger partial charge in [-0.25, -0.2) is 0 Å². The molecule has 2 amide bonds. The summed E-state index contributed by atoms with van der Waals surface area (Å²) in [5, 5.41) is 0. The number of nitrogens with two attached hydrogens (primary N) is 1. The molecule has 0 aliphatic carbocycles. The van der Waals surface area contributed by atoms with Crippen LogP contribution in [0.5, 0.6) is 0 Å². The summed E-state index contributed by atoms with van der Waals surface area (Å²) in [5.74, 6) is 0.0145. The molecule has 0 radical (unpaired) electrons. The summed E-state index contributed by atoms with van der Waals surface area (Å²) >= 11 is 0. The van der Waals surface area contributed by atoms with Crippen molar-refractivity contribution in [3.05, 3.63) is 29.8 Å². The van der Waals surface area contributed by atoms with E-state index in [0.717, 1.165) is 18.4 Å². The Morgan fingerprint density at radius 3 is 2.55 bits per heavy atom. The largest absolute Gasteiger partial charge is 0.399 e. The smallest absolute Gasteiger partial charge is 0.244 e. The van der Waals surface area contributed by atoms with Crippen LogP contribution in [0.2, 0.25) is 0 Å². The van der Waals surface area contributed by atoms with Crippen molar-refractivity contribution in [2.75, 3.05) is 26.4 Å². The van der Waals surface area contributed by atoms with Crippen LogP contribution < -0.4 is 5.73 Å². The summed E-state index contributed by atoms with van der Waals surface area (Å²) in [5.41, 5.74) is 7.24. The monoisotopic (exact) mass is 275 g/mol. The zero-order valence-electron chi connectivity index (χ0n) is 12.0. The fraction of sp³-hybridized carbons (Fsp3) is 0.467. The highest BCUT2D eigenvalue weighted by Gasteiger charge is 2.34. The van der Waals surface area contributed by atoms with Crippen molar-refractivity contribution >= 4 is 17.5 Å². The maximum Gasteiger partial charge on any atom is 0.244 e. The van der Waals surface area contributed by atoms with Crippen LogP contribution in [0.3, 0.4) is 0 Å². The first kappa shape index (κ1) is 14.4. The van der Waals surface area contributed by atoms with E-state index in [-0.39, 0.29) is 17.9 Å². The highest BCUT2D eigenvalue weighted by Crippen LogP contribution is 2.20. The minimum Gasteiger partial charge on any atom is -0.399 e. The molecule has 5 nitrogen and oxygen atoms in total. The molecular formula is C15H21N3O2. The van der Waals surface area contributed by atoms with Gasteiger partial charge in [0.25, 0.3) is 0 Å². The lowest BCUT2D eigenvalue weighted by atomic mass is 10.1. The van der Waals surface area contributed by atoms with Crippen LogP contribution in [0, 0.1) is 0 Å². The molecule has 108 valence electrons. The predicted octanol–water partition coefficient (Wildman–Crippen LogP) is 0.890. The van der Waals surface area contributed by atoms with Crippen molar-refractivity contribution in [1.29, 1.82) is 0 Å². The average molecular weight is 275 g/mol. The van der Waals surface area contributed by atoms with E-state index in [1.54, 1.807) is 36.0 Å². The third-order valence-corrected chi connectivity index (χ3v) is 3.63. The first-order valence-electron chi connectivity index (χ1n) is 6.84. The standard InChI is InChI=1S/C15H21N3O2/c1-17(2)15(20)13-4-3-9-18(13)14(19)10-11-5-7-12(16)8-6-11/h5-8,13H,3-4,9-10,16H2,1-2H3. The Balaban J connectivity index is 2.04. The Labute approximate surface area is 119 Å². The zero-order chi connectivity index (χ0) is 14.7. The van der Waals surface area contributed by atoms with Crippen LogP contribution in [-0.4, -0.2) is 48.3 Å². The third kappa shape index (κ3) is 3.10. The molecule has 1 aromatic rings. The summed E-state index contributed by atoms with van der Waals surface area (Å²) in [7, 11) is 3.45. The van der Waals surface area contributed by atoms with Gasteiger partial charge in [-0.2, -0.15) is 0 Å². The summed E-state index contributed by atoms with van der Waals surface area (Å²) in [6.45, 7) is 0.665. The van der Waals surface area contributed by atoms with Crippen LogP contribution in [-0.2, 0) is 16.0 Å². The molecule has 1 aliphatic heterocycles. The van der Waals surface area contributed by atoms with E-state index in [2.05, 4.69) is 0 Å². The molecule has 2 rings (SSSR count). The third-order valence-electron chi connectivity index (χ3n) is 3.63. The summed E-state index contributed by atoms with van der Waals surface area (Å²) < 4.78 is 0. The van der Waals surface area contributed by atoms with Gasteiger partial charge in [-0.3, -0.25) is 9.59 Å².